The van der Waals surface area contributed by atoms with E-state index in [0.29, 0.717) is 15.9 Å². The molecule has 0 spiro atoms. The molecule has 0 aliphatic rings. The van der Waals surface area contributed by atoms with E-state index >= 15 is 0 Å². The van der Waals surface area contributed by atoms with E-state index in [4.69, 9.17) is 23.2 Å². The molecule has 0 saturated heterocycles. The number of halogens is 2. The van der Waals surface area contributed by atoms with Crippen molar-refractivity contribution < 1.29 is 4.79 Å². The lowest BCUT2D eigenvalue weighted by Gasteiger charge is -2.06. The predicted molar refractivity (Wildman–Crippen MR) is 51.7 cm³/mol. The van der Waals surface area contributed by atoms with E-state index in [1.807, 2.05) is 0 Å². The fourth-order valence-corrected chi connectivity index (χ4v) is 1.08. The first-order valence-electron chi connectivity index (χ1n) is 3.43. The Labute approximate surface area is 85.2 Å². The topological polar surface area (TPSA) is 54.0 Å². The van der Waals surface area contributed by atoms with Crippen molar-refractivity contribution in [2.45, 2.75) is 6.92 Å². The number of hydrazine groups is 1. The molecule has 2 N–H and O–H groups in total. The molecular weight excluding hydrogens is 213 g/mol. The first-order valence-corrected chi connectivity index (χ1v) is 4.19. The van der Waals surface area contributed by atoms with Crippen LogP contribution in [0, 0.1) is 0 Å². The molecule has 0 aromatic carbocycles. The number of nitrogens with one attached hydrogen (secondary N) is 2. The van der Waals surface area contributed by atoms with Crippen LogP contribution < -0.4 is 10.9 Å². The number of hydrogen-bond acceptors (Lipinski definition) is 3. The van der Waals surface area contributed by atoms with E-state index in [0.717, 1.165) is 0 Å². The van der Waals surface area contributed by atoms with E-state index in [2.05, 4.69) is 15.8 Å². The van der Waals surface area contributed by atoms with Gasteiger partial charge in [-0.15, -0.1) is 0 Å². The van der Waals surface area contributed by atoms with Gasteiger partial charge in [-0.05, 0) is 6.07 Å². The summed E-state index contributed by atoms with van der Waals surface area (Å²) in [4.78, 5) is 14.4. The Morgan fingerprint density at radius 3 is 2.77 bits per heavy atom. The minimum absolute atomic E-state index is 0.229. The maximum atomic E-state index is 10.5. The Morgan fingerprint density at radius 2 is 2.23 bits per heavy atom. The second kappa shape index (κ2) is 4.30. The van der Waals surface area contributed by atoms with Crippen molar-refractivity contribution in [3.63, 3.8) is 0 Å². The number of rotatable bonds is 2. The first-order chi connectivity index (χ1) is 6.09. The van der Waals surface area contributed by atoms with Crippen molar-refractivity contribution in [3.8, 4) is 0 Å². The zero-order chi connectivity index (χ0) is 9.84. The Kier molecular flexibility index (Phi) is 3.33. The Bertz CT molecular complexity index is 330. The molecule has 6 heteroatoms. The smallest absolute Gasteiger partial charge is 0.235 e. The molecule has 1 aromatic rings. The quantitative estimate of drug-likeness (QED) is 0.747. The number of anilines is 1. The van der Waals surface area contributed by atoms with Gasteiger partial charge in [0.2, 0.25) is 5.91 Å². The van der Waals surface area contributed by atoms with E-state index in [1.165, 1.54) is 19.2 Å². The molecular formula is C7H7Cl2N3O. The third-order valence-electron chi connectivity index (χ3n) is 1.16. The van der Waals surface area contributed by atoms with Gasteiger partial charge < -0.3 is 0 Å². The minimum atomic E-state index is -0.229. The molecule has 0 aliphatic carbocycles. The second-order valence-electron chi connectivity index (χ2n) is 2.29. The maximum Gasteiger partial charge on any atom is 0.235 e. The molecule has 0 saturated carbocycles. The van der Waals surface area contributed by atoms with Gasteiger partial charge in [0.15, 0.2) is 5.82 Å². The Hall–Kier alpha value is -1.000. The average Bonchev–Trinajstić information content (AvgIpc) is 2.02. The van der Waals surface area contributed by atoms with Gasteiger partial charge in [-0.2, -0.15) is 0 Å². The fraction of sp³-hybridized carbons (Fsp3) is 0.143. The summed E-state index contributed by atoms with van der Waals surface area (Å²) >= 11 is 11.4. The molecule has 1 amide bonds. The van der Waals surface area contributed by atoms with E-state index in [1.54, 1.807) is 0 Å². The lowest BCUT2D eigenvalue weighted by molar-refractivity contribution is -0.118. The summed E-state index contributed by atoms with van der Waals surface area (Å²) in [5, 5.41) is 0.791. The van der Waals surface area contributed by atoms with Gasteiger partial charge >= 0.3 is 0 Å². The fourth-order valence-electron chi connectivity index (χ4n) is 0.654. The highest BCUT2D eigenvalue weighted by atomic mass is 35.5. The normalized spacial score (nSPS) is 9.46. The molecule has 0 atom stereocenters. The molecule has 70 valence electrons. The number of pyridine rings is 1. The van der Waals surface area contributed by atoms with Crippen molar-refractivity contribution in [2.24, 2.45) is 0 Å². The standard InChI is InChI=1S/C7H7Cl2N3O/c1-4(13)11-12-7-6(9)2-5(8)3-10-7/h2-3H,1H3,(H,10,12)(H,11,13). The number of carbonyl (C=O) groups is 1. The summed E-state index contributed by atoms with van der Waals surface area (Å²) in [6.45, 7) is 1.37. The van der Waals surface area contributed by atoms with Crippen molar-refractivity contribution >= 4 is 34.9 Å². The number of amides is 1. The van der Waals surface area contributed by atoms with E-state index in [-0.39, 0.29) is 5.91 Å². The highest BCUT2D eigenvalue weighted by Gasteiger charge is 2.01. The molecule has 4 nitrogen and oxygen atoms in total. The summed E-state index contributed by atoms with van der Waals surface area (Å²) in [6.07, 6.45) is 1.43. The zero-order valence-electron chi connectivity index (χ0n) is 6.77. The van der Waals surface area contributed by atoms with Gasteiger partial charge in [0.1, 0.15) is 0 Å². The molecule has 13 heavy (non-hydrogen) atoms. The predicted octanol–water partition coefficient (Wildman–Crippen LogP) is 1.85. The first kappa shape index (κ1) is 10.1. The van der Waals surface area contributed by atoms with Crippen LogP contribution in [0.3, 0.4) is 0 Å². The lowest BCUT2D eigenvalue weighted by Crippen LogP contribution is -2.27. The molecule has 0 fully saturated rings. The van der Waals surface area contributed by atoms with Crippen LogP contribution in [-0.2, 0) is 4.79 Å². The third-order valence-corrected chi connectivity index (χ3v) is 1.66. The number of aromatic nitrogens is 1. The van der Waals surface area contributed by atoms with Gasteiger partial charge in [0, 0.05) is 13.1 Å². The third kappa shape index (κ3) is 3.08. The highest BCUT2D eigenvalue weighted by Crippen LogP contribution is 2.21. The lowest BCUT2D eigenvalue weighted by atomic mass is 10.5. The molecule has 0 bridgehead atoms. The van der Waals surface area contributed by atoms with Crippen LogP contribution in [0.1, 0.15) is 6.92 Å². The minimum Gasteiger partial charge on any atom is -0.281 e. The van der Waals surface area contributed by atoms with Crippen LogP contribution in [0.4, 0.5) is 5.82 Å². The van der Waals surface area contributed by atoms with Gasteiger partial charge in [-0.3, -0.25) is 15.6 Å². The van der Waals surface area contributed by atoms with E-state index < -0.39 is 0 Å². The summed E-state index contributed by atoms with van der Waals surface area (Å²) in [7, 11) is 0. The van der Waals surface area contributed by atoms with Crippen LogP contribution in [0.15, 0.2) is 12.3 Å². The molecule has 1 heterocycles. The SMILES string of the molecule is CC(=O)NNc1ncc(Cl)cc1Cl. The highest BCUT2D eigenvalue weighted by molar-refractivity contribution is 6.35. The van der Waals surface area contributed by atoms with Crippen LogP contribution >= 0.6 is 23.2 Å². The Balaban J connectivity index is 2.72. The van der Waals surface area contributed by atoms with Crippen molar-refractivity contribution in [2.75, 3.05) is 5.43 Å². The van der Waals surface area contributed by atoms with Crippen LogP contribution in [0.2, 0.25) is 10.0 Å². The largest absolute Gasteiger partial charge is 0.281 e. The van der Waals surface area contributed by atoms with Crippen LogP contribution in [-0.4, -0.2) is 10.9 Å². The number of carbonyl (C=O) groups excluding carboxylic acids is 1. The average molecular weight is 220 g/mol. The monoisotopic (exact) mass is 219 g/mol. The summed E-state index contributed by atoms with van der Waals surface area (Å²) in [5.41, 5.74) is 4.88. The maximum absolute atomic E-state index is 10.5. The summed E-state index contributed by atoms with van der Waals surface area (Å²) < 4.78 is 0. The van der Waals surface area contributed by atoms with Gasteiger partial charge in [-0.1, -0.05) is 23.2 Å². The van der Waals surface area contributed by atoms with Crippen LogP contribution in [0.25, 0.3) is 0 Å². The van der Waals surface area contributed by atoms with Crippen molar-refractivity contribution in [3.05, 3.63) is 22.3 Å². The Morgan fingerprint density at radius 1 is 1.54 bits per heavy atom. The zero-order valence-corrected chi connectivity index (χ0v) is 8.28. The summed E-state index contributed by atoms with van der Waals surface area (Å²) in [6, 6.07) is 1.53. The molecule has 1 aromatic heterocycles. The number of nitrogens with zero attached hydrogens (tertiary/aromatic N) is 1. The molecule has 1 rings (SSSR count). The van der Waals surface area contributed by atoms with E-state index in [9.17, 15) is 4.79 Å². The number of hydrogen-bond donors (Lipinski definition) is 2. The second-order valence-corrected chi connectivity index (χ2v) is 3.13. The van der Waals surface area contributed by atoms with Crippen molar-refractivity contribution in [1.82, 2.24) is 10.4 Å². The van der Waals surface area contributed by atoms with Crippen molar-refractivity contribution in [1.29, 1.82) is 0 Å². The van der Waals surface area contributed by atoms with Crippen LogP contribution in [0.5, 0.6) is 0 Å². The summed E-state index contributed by atoms with van der Waals surface area (Å²) in [5.74, 6) is 0.133. The van der Waals surface area contributed by atoms with Gasteiger partial charge in [0.05, 0.1) is 10.0 Å². The molecule has 0 radical (unpaired) electrons. The van der Waals surface area contributed by atoms with Gasteiger partial charge in [-0.25, -0.2) is 4.98 Å². The molecule has 0 aliphatic heterocycles. The molecule has 0 unspecified atom stereocenters. The van der Waals surface area contributed by atoms with Gasteiger partial charge in [0.25, 0.3) is 0 Å².